The summed E-state index contributed by atoms with van der Waals surface area (Å²) >= 11 is 1.47. The highest BCUT2D eigenvalue weighted by molar-refractivity contribution is 7.12. The SMILES string of the molecule is Cc1cc2cc3c(cc2[nH]c1=O)CN(C(=O)c1cccs1)CC3. The number of nitrogens with one attached hydrogen (secondary N) is 1. The monoisotopic (exact) mass is 324 g/mol. The molecule has 0 saturated heterocycles. The number of carbonyl (C=O) groups is 1. The number of aryl methyl sites for hydroxylation is 1. The summed E-state index contributed by atoms with van der Waals surface area (Å²) in [6, 6.07) is 9.84. The van der Waals surface area contributed by atoms with Crippen molar-refractivity contribution in [1.29, 1.82) is 0 Å². The molecular formula is C18H16N2O2S. The molecule has 1 aliphatic heterocycles. The van der Waals surface area contributed by atoms with Gasteiger partial charge in [-0.3, -0.25) is 9.59 Å². The van der Waals surface area contributed by atoms with Gasteiger partial charge in [-0.25, -0.2) is 0 Å². The van der Waals surface area contributed by atoms with Crippen molar-refractivity contribution in [2.24, 2.45) is 0 Å². The first-order chi connectivity index (χ1) is 11.1. The number of aromatic nitrogens is 1. The van der Waals surface area contributed by atoms with E-state index in [1.54, 1.807) is 0 Å². The van der Waals surface area contributed by atoms with E-state index in [0.717, 1.165) is 39.9 Å². The number of amides is 1. The van der Waals surface area contributed by atoms with Gasteiger partial charge in [0, 0.05) is 24.2 Å². The highest BCUT2D eigenvalue weighted by atomic mass is 32.1. The Balaban J connectivity index is 1.71. The number of rotatable bonds is 1. The summed E-state index contributed by atoms with van der Waals surface area (Å²) in [6.07, 6.45) is 0.848. The maximum absolute atomic E-state index is 12.5. The number of hydrogen-bond donors (Lipinski definition) is 1. The van der Waals surface area contributed by atoms with Gasteiger partial charge in [-0.05, 0) is 59.5 Å². The van der Waals surface area contributed by atoms with E-state index >= 15 is 0 Å². The molecule has 0 atom stereocenters. The smallest absolute Gasteiger partial charge is 0.264 e. The predicted octanol–water partition coefficient (Wildman–Crippen LogP) is 3.10. The van der Waals surface area contributed by atoms with Crippen LogP contribution in [0, 0.1) is 6.92 Å². The van der Waals surface area contributed by atoms with Gasteiger partial charge >= 0.3 is 0 Å². The molecule has 0 spiro atoms. The summed E-state index contributed by atoms with van der Waals surface area (Å²) in [6.45, 7) is 3.15. The van der Waals surface area contributed by atoms with Crippen LogP contribution in [0.25, 0.3) is 10.9 Å². The Morgan fingerprint density at radius 2 is 2.13 bits per heavy atom. The fourth-order valence-corrected chi connectivity index (χ4v) is 3.80. The van der Waals surface area contributed by atoms with Crippen molar-refractivity contribution in [2.75, 3.05) is 6.54 Å². The average molecular weight is 324 g/mol. The summed E-state index contributed by atoms with van der Waals surface area (Å²) in [7, 11) is 0. The largest absolute Gasteiger partial charge is 0.333 e. The van der Waals surface area contributed by atoms with E-state index in [2.05, 4.69) is 11.1 Å². The quantitative estimate of drug-likeness (QED) is 0.748. The van der Waals surface area contributed by atoms with E-state index in [0.29, 0.717) is 6.54 Å². The Morgan fingerprint density at radius 3 is 2.91 bits per heavy atom. The molecule has 0 saturated carbocycles. The molecule has 23 heavy (non-hydrogen) atoms. The lowest BCUT2D eigenvalue weighted by atomic mass is 9.96. The molecule has 1 amide bonds. The van der Waals surface area contributed by atoms with Gasteiger partial charge in [-0.2, -0.15) is 0 Å². The molecule has 2 aromatic heterocycles. The van der Waals surface area contributed by atoms with E-state index in [4.69, 9.17) is 0 Å². The Labute approximate surface area is 137 Å². The first kappa shape index (κ1) is 14.2. The number of aromatic amines is 1. The molecule has 0 bridgehead atoms. The number of pyridine rings is 1. The van der Waals surface area contributed by atoms with Gasteiger partial charge in [-0.15, -0.1) is 11.3 Å². The molecule has 1 aromatic carbocycles. The topological polar surface area (TPSA) is 53.2 Å². The zero-order valence-corrected chi connectivity index (χ0v) is 13.6. The molecule has 0 radical (unpaired) electrons. The Bertz CT molecular complexity index is 957. The standard InChI is InChI=1S/C18H16N2O2S/c1-11-7-13-8-12-4-5-20(18(22)16-3-2-6-23-16)10-14(12)9-15(13)19-17(11)21/h2-3,6-9H,4-5,10H2,1H3,(H,19,21). The van der Waals surface area contributed by atoms with Crippen LogP contribution in [-0.4, -0.2) is 22.3 Å². The maximum atomic E-state index is 12.5. The minimum atomic E-state index is -0.0558. The summed E-state index contributed by atoms with van der Waals surface area (Å²) in [5, 5.41) is 2.98. The highest BCUT2D eigenvalue weighted by Crippen LogP contribution is 2.25. The van der Waals surface area contributed by atoms with Gasteiger partial charge in [0.05, 0.1) is 4.88 Å². The molecule has 116 valence electrons. The average Bonchev–Trinajstić information content (AvgIpc) is 3.07. The molecule has 0 unspecified atom stereocenters. The number of benzene rings is 1. The van der Waals surface area contributed by atoms with Crippen LogP contribution in [0.2, 0.25) is 0 Å². The molecule has 4 rings (SSSR count). The van der Waals surface area contributed by atoms with Crippen molar-refractivity contribution >= 4 is 28.1 Å². The third kappa shape index (κ3) is 2.47. The van der Waals surface area contributed by atoms with Gasteiger partial charge in [0.1, 0.15) is 0 Å². The summed E-state index contributed by atoms with van der Waals surface area (Å²) in [5.74, 6) is 0.0862. The summed E-state index contributed by atoms with van der Waals surface area (Å²) < 4.78 is 0. The third-order valence-electron chi connectivity index (χ3n) is 4.38. The second-order valence-electron chi connectivity index (χ2n) is 5.94. The number of carbonyl (C=O) groups excluding carboxylic acids is 1. The molecule has 3 heterocycles. The summed E-state index contributed by atoms with van der Waals surface area (Å²) in [5.41, 5.74) is 3.89. The Hall–Kier alpha value is -2.40. The van der Waals surface area contributed by atoms with Crippen LogP contribution in [0.15, 0.2) is 40.5 Å². The Kier molecular flexibility index (Phi) is 3.31. The van der Waals surface area contributed by atoms with E-state index < -0.39 is 0 Å². The third-order valence-corrected chi connectivity index (χ3v) is 5.24. The van der Waals surface area contributed by atoms with Gasteiger partial charge in [0.25, 0.3) is 11.5 Å². The number of nitrogens with zero attached hydrogens (tertiary/aromatic N) is 1. The van der Waals surface area contributed by atoms with Gasteiger partial charge < -0.3 is 9.88 Å². The lowest BCUT2D eigenvalue weighted by Crippen LogP contribution is -2.35. The Morgan fingerprint density at radius 1 is 1.26 bits per heavy atom. The molecule has 0 aliphatic carbocycles. The fraction of sp³-hybridized carbons (Fsp3) is 0.222. The van der Waals surface area contributed by atoms with Crippen LogP contribution < -0.4 is 5.56 Å². The minimum absolute atomic E-state index is 0.0558. The van der Waals surface area contributed by atoms with Gasteiger partial charge in [-0.1, -0.05) is 6.07 Å². The van der Waals surface area contributed by atoms with Crippen molar-refractivity contribution in [2.45, 2.75) is 19.9 Å². The molecular weight excluding hydrogens is 308 g/mol. The number of fused-ring (bicyclic) bond motifs is 2. The van der Waals surface area contributed by atoms with Crippen LogP contribution in [0.5, 0.6) is 0 Å². The molecule has 0 fully saturated rings. The van der Waals surface area contributed by atoms with Crippen LogP contribution >= 0.6 is 11.3 Å². The second kappa shape index (κ2) is 5.35. The molecule has 1 N–H and O–H groups in total. The summed E-state index contributed by atoms with van der Waals surface area (Å²) in [4.78, 5) is 29.9. The molecule has 4 nitrogen and oxygen atoms in total. The van der Waals surface area contributed by atoms with Crippen molar-refractivity contribution in [3.8, 4) is 0 Å². The van der Waals surface area contributed by atoms with E-state index in [9.17, 15) is 9.59 Å². The van der Waals surface area contributed by atoms with Crippen LogP contribution in [0.3, 0.4) is 0 Å². The lowest BCUT2D eigenvalue weighted by Gasteiger charge is -2.29. The normalized spacial score (nSPS) is 14.0. The number of thiophene rings is 1. The first-order valence-corrected chi connectivity index (χ1v) is 8.48. The van der Waals surface area contributed by atoms with E-state index in [1.807, 2.05) is 41.5 Å². The predicted molar refractivity (Wildman–Crippen MR) is 92.1 cm³/mol. The number of hydrogen-bond acceptors (Lipinski definition) is 3. The number of H-pyrrole nitrogens is 1. The van der Waals surface area contributed by atoms with Gasteiger partial charge in [0.15, 0.2) is 0 Å². The van der Waals surface area contributed by atoms with E-state index in [1.165, 1.54) is 16.9 Å². The first-order valence-electron chi connectivity index (χ1n) is 7.60. The van der Waals surface area contributed by atoms with Crippen LogP contribution in [0.1, 0.15) is 26.4 Å². The van der Waals surface area contributed by atoms with Gasteiger partial charge in [0.2, 0.25) is 0 Å². The molecule has 1 aliphatic rings. The van der Waals surface area contributed by atoms with Crippen molar-refractivity contribution in [3.05, 3.63) is 67.6 Å². The lowest BCUT2D eigenvalue weighted by molar-refractivity contribution is 0.0740. The zero-order valence-electron chi connectivity index (χ0n) is 12.8. The maximum Gasteiger partial charge on any atom is 0.264 e. The van der Waals surface area contributed by atoms with Crippen LogP contribution in [-0.2, 0) is 13.0 Å². The van der Waals surface area contributed by atoms with Crippen molar-refractivity contribution in [3.63, 3.8) is 0 Å². The minimum Gasteiger partial charge on any atom is -0.333 e. The molecule has 5 heteroatoms. The van der Waals surface area contributed by atoms with Crippen molar-refractivity contribution < 1.29 is 4.79 Å². The van der Waals surface area contributed by atoms with Crippen molar-refractivity contribution in [1.82, 2.24) is 9.88 Å². The second-order valence-corrected chi connectivity index (χ2v) is 6.89. The molecule has 3 aromatic rings. The fourth-order valence-electron chi connectivity index (χ4n) is 3.11. The zero-order chi connectivity index (χ0) is 16.0. The van der Waals surface area contributed by atoms with E-state index in [-0.39, 0.29) is 11.5 Å². The highest BCUT2D eigenvalue weighted by Gasteiger charge is 2.22. The van der Waals surface area contributed by atoms with Crippen LogP contribution in [0.4, 0.5) is 0 Å².